The molecular weight excluding hydrogens is 254 g/mol. The summed E-state index contributed by atoms with van der Waals surface area (Å²) in [6.07, 6.45) is 6.01. The number of hydrogen-bond acceptors (Lipinski definition) is 0. The van der Waals surface area contributed by atoms with Crippen molar-refractivity contribution in [2.75, 3.05) is 7.05 Å². The largest absolute Gasteiger partial charge is 0.205 e. The van der Waals surface area contributed by atoms with E-state index in [-0.39, 0.29) is 17.3 Å². The van der Waals surface area contributed by atoms with Crippen molar-refractivity contribution in [3.8, 4) is 0 Å². The Balaban J connectivity index is 1.96. The zero-order valence-electron chi connectivity index (χ0n) is 15.5. The Kier molecular flexibility index (Phi) is 2.31. The molecule has 1 heterocycles. The van der Waals surface area contributed by atoms with Crippen molar-refractivity contribution in [3.05, 3.63) is 47.7 Å². The molecule has 1 aliphatic heterocycles. The van der Waals surface area contributed by atoms with Gasteiger partial charge in [0, 0.05) is 8.30 Å². The molecule has 0 amide bonds. The van der Waals surface area contributed by atoms with Crippen molar-refractivity contribution in [2.45, 2.75) is 33.6 Å². The number of benzene rings is 1. The van der Waals surface area contributed by atoms with E-state index < -0.39 is 11.8 Å². The van der Waals surface area contributed by atoms with Crippen LogP contribution in [0.2, 0.25) is 0 Å². The first-order valence-corrected chi connectivity index (χ1v) is 8.08. The van der Waals surface area contributed by atoms with Crippen LogP contribution in [0.25, 0.3) is 0 Å². The van der Waals surface area contributed by atoms with Gasteiger partial charge in [0.15, 0.2) is 11.9 Å². The second-order valence-electron chi connectivity index (χ2n) is 7.33. The Morgan fingerprint density at radius 1 is 1.19 bits per heavy atom. The van der Waals surface area contributed by atoms with Gasteiger partial charge in [-0.3, -0.25) is 0 Å². The van der Waals surface area contributed by atoms with Crippen molar-refractivity contribution >= 4 is 5.71 Å². The molecule has 2 saturated carbocycles. The molecule has 0 aromatic heterocycles. The Bertz CT molecular complexity index is 748. The molecule has 2 bridgehead atoms. The molecule has 4 unspecified atom stereocenters. The van der Waals surface area contributed by atoms with Crippen molar-refractivity contribution in [1.82, 2.24) is 0 Å². The summed E-state index contributed by atoms with van der Waals surface area (Å²) in [5, 5.41) is 0. The average molecular weight is 282 g/mol. The minimum atomic E-state index is -0.559. The summed E-state index contributed by atoms with van der Waals surface area (Å²) in [5.74, 6) is -0.823. The molecular formula is C20H26N+. The molecule has 21 heavy (non-hydrogen) atoms. The van der Waals surface area contributed by atoms with Crippen molar-refractivity contribution in [3.63, 3.8) is 0 Å². The van der Waals surface area contributed by atoms with Gasteiger partial charge in [0.05, 0.1) is 5.92 Å². The van der Waals surface area contributed by atoms with Gasteiger partial charge in [-0.05, 0) is 60.6 Å². The lowest BCUT2D eigenvalue weighted by Crippen LogP contribution is -2.37. The number of allylic oxidation sites excluding steroid dienone is 1. The predicted molar refractivity (Wildman–Crippen MR) is 87.6 cm³/mol. The van der Waals surface area contributed by atoms with Gasteiger partial charge >= 0.3 is 0 Å². The third-order valence-electron chi connectivity index (χ3n) is 6.02. The van der Waals surface area contributed by atoms with E-state index in [0.29, 0.717) is 0 Å². The summed E-state index contributed by atoms with van der Waals surface area (Å²) >= 11 is 0. The molecule has 1 nitrogen and oxygen atoms in total. The first kappa shape index (κ1) is 11.2. The Morgan fingerprint density at radius 2 is 1.90 bits per heavy atom. The molecule has 2 fully saturated rings. The molecule has 2 aliphatic carbocycles. The minimum Gasteiger partial charge on any atom is -0.205 e. The maximum atomic E-state index is 9.36. The standard InChI is InChI=1S/C20H26N/c1-13-7-5-6-8-14(13)19-18-15(11-12-21(19)4)16-9-10-17(18)20(16,2)3/h5-8,11-12,15-18H,9-10H2,1-4H3/q+1/i16D,17D. The van der Waals surface area contributed by atoms with E-state index in [1.807, 2.05) is 0 Å². The highest BCUT2D eigenvalue weighted by Gasteiger charge is 2.62. The normalized spacial score (nSPS) is 44.6. The van der Waals surface area contributed by atoms with Crippen LogP contribution >= 0.6 is 0 Å². The highest BCUT2D eigenvalue weighted by molar-refractivity contribution is 6.01. The van der Waals surface area contributed by atoms with Gasteiger partial charge in [0.2, 0.25) is 0 Å². The van der Waals surface area contributed by atoms with Gasteiger partial charge in [-0.2, -0.15) is 0 Å². The molecule has 4 atom stereocenters. The van der Waals surface area contributed by atoms with E-state index in [2.05, 4.69) is 68.9 Å². The van der Waals surface area contributed by atoms with Gasteiger partial charge in [-0.25, -0.2) is 4.58 Å². The number of aryl methyl sites for hydroxylation is 1. The first-order valence-electron chi connectivity index (χ1n) is 9.08. The van der Waals surface area contributed by atoms with Crippen molar-refractivity contribution in [2.24, 2.45) is 29.0 Å². The fourth-order valence-corrected chi connectivity index (χ4v) is 4.95. The Morgan fingerprint density at radius 3 is 2.67 bits per heavy atom. The molecule has 3 aliphatic rings. The summed E-state index contributed by atoms with van der Waals surface area (Å²) < 4.78 is 20.7. The summed E-state index contributed by atoms with van der Waals surface area (Å²) in [6, 6.07) is 8.48. The van der Waals surface area contributed by atoms with E-state index in [1.165, 1.54) is 16.8 Å². The molecule has 110 valence electrons. The lowest BCUT2D eigenvalue weighted by molar-refractivity contribution is -0.428. The molecule has 0 spiro atoms. The quantitative estimate of drug-likeness (QED) is 0.677. The SMILES string of the molecule is [2H]C12CCC([2H])(C3C(c4ccccc4C)=[N+](C)C=CC31)C2(C)C. The minimum absolute atomic E-state index is 0.111. The summed E-state index contributed by atoms with van der Waals surface area (Å²) in [5.41, 5.74) is 3.45. The molecule has 0 radical (unpaired) electrons. The molecule has 0 N–H and O–H groups in total. The highest BCUT2D eigenvalue weighted by Crippen LogP contribution is 2.64. The molecule has 1 aromatic carbocycles. The molecule has 4 rings (SSSR count). The molecule has 1 aromatic rings. The predicted octanol–water partition coefficient (Wildman–Crippen LogP) is 4.25. The lowest BCUT2D eigenvalue weighted by atomic mass is 9.73. The van der Waals surface area contributed by atoms with Crippen LogP contribution in [0.5, 0.6) is 0 Å². The second-order valence-corrected chi connectivity index (χ2v) is 7.33. The fourth-order valence-electron chi connectivity index (χ4n) is 4.95. The van der Waals surface area contributed by atoms with Crippen LogP contribution in [0.4, 0.5) is 0 Å². The molecule has 1 heteroatoms. The molecule has 0 saturated heterocycles. The van der Waals surface area contributed by atoms with E-state index in [4.69, 9.17) is 0 Å². The lowest BCUT2D eigenvalue weighted by Gasteiger charge is -2.30. The third kappa shape index (κ3) is 1.66. The van der Waals surface area contributed by atoms with Gasteiger partial charge in [-0.15, -0.1) is 0 Å². The van der Waals surface area contributed by atoms with Crippen LogP contribution in [0.1, 0.15) is 40.6 Å². The van der Waals surface area contributed by atoms with Crippen LogP contribution in [-0.2, 0) is 0 Å². The van der Waals surface area contributed by atoms with Gasteiger partial charge in [-0.1, -0.05) is 32.0 Å². The van der Waals surface area contributed by atoms with Crippen LogP contribution in [0, 0.1) is 36.0 Å². The fraction of sp³-hybridized carbons (Fsp3) is 0.550. The summed E-state index contributed by atoms with van der Waals surface area (Å²) in [4.78, 5) is 0. The van der Waals surface area contributed by atoms with Crippen LogP contribution in [0.3, 0.4) is 0 Å². The van der Waals surface area contributed by atoms with Crippen LogP contribution in [0.15, 0.2) is 36.5 Å². The van der Waals surface area contributed by atoms with Crippen LogP contribution < -0.4 is 0 Å². The van der Waals surface area contributed by atoms with Gasteiger partial charge in [0.1, 0.15) is 7.05 Å². The average Bonchev–Trinajstić information content (AvgIpc) is 2.76. The number of rotatable bonds is 1. The van der Waals surface area contributed by atoms with E-state index in [9.17, 15) is 2.74 Å². The number of hydrogen-bond donors (Lipinski definition) is 0. The van der Waals surface area contributed by atoms with E-state index in [0.717, 1.165) is 12.8 Å². The Hall–Kier alpha value is -1.37. The number of nitrogens with zero attached hydrogens (tertiary/aromatic N) is 1. The third-order valence-corrected chi connectivity index (χ3v) is 6.02. The zero-order chi connectivity index (χ0) is 16.6. The maximum absolute atomic E-state index is 9.36. The second kappa shape index (κ2) is 4.32. The topological polar surface area (TPSA) is 3.01 Å². The van der Waals surface area contributed by atoms with Crippen molar-refractivity contribution in [1.29, 1.82) is 0 Å². The smallest absolute Gasteiger partial charge is 0.192 e. The maximum Gasteiger partial charge on any atom is 0.192 e. The van der Waals surface area contributed by atoms with Crippen LogP contribution in [-0.4, -0.2) is 17.3 Å². The van der Waals surface area contributed by atoms with Gasteiger partial charge in [0.25, 0.3) is 0 Å². The first-order chi connectivity index (χ1) is 10.7. The van der Waals surface area contributed by atoms with Crippen molar-refractivity contribution < 1.29 is 7.32 Å². The summed E-state index contributed by atoms with van der Waals surface area (Å²) in [6.45, 7) is 6.46. The zero-order valence-corrected chi connectivity index (χ0v) is 13.5. The van der Waals surface area contributed by atoms with E-state index in [1.54, 1.807) is 0 Å². The Labute approximate surface area is 131 Å². The van der Waals surface area contributed by atoms with Gasteiger partial charge < -0.3 is 0 Å². The van der Waals surface area contributed by atoms with E-state index >= 15 is 0 Å². The number of fused-ring (bicyclic) bond motifs is 5. The highest BCUT2D eigenvalue weighted by atomic mass is 15.0. The summed E-state index contributed by atoms with van der Waals surface area (Å²) in [7, 11) is 2.09. The monoisotopic (exact) mass is 282 g/mol.